The van der Waals surface area contributed by atoms with Gasteiger partial charge in [-0.15, -0.1) is 0 Å². The van der Waals surface area contributed by atoms with Gasteiger partial charge in [-0.3, -0.25) is 19.5 Å². The van der Waals surface area contributed by atoms with Crippen molar-refractivity contribution in [2.75, 3.05) is 19.0 Å². The van der Waals surface area contributed by atoms with E-state index in [1.165, 1.54) is 4.90 Å². The molecule has 0 bridgehead atoms. The highest BCUT2D eigenvalue weighted by Crippen LogP contribution is 2.24. The van der Waals surface area contributed by atoms with Crippen LogP contribution in [0, 0.1) is 0 Å². The highest BCUT2D eigenvalue weighted by atomic mass is 16.5. The van der Waals surface area contributed by atoms with Crippen molar-refractivity contribution in [1.82, 2.24) is 14.5 Å². The maximum absolute atomic E-state index is 13.2. The van der Waals surface area contributed by atoms with Crippen LogP contribution in [0.4, 0.5) is 5.95 Å². The molecule has 0 saturated carbocycles. The van der Waals surface area contributed by atoms with Crippen LogP contribution in [-0.4, -0.2) is 46.0 Å². The summed E-state index contributed by atoms with van der Waals surface area (Å²) in [4.78, 5) is 32.5. The van der Waals surface area contributed by atoms with Gasteiger partial charge >= 0.3 is 0 Å². The number of rotatable bonds is 8. The molecule has 0 aliphatic rings. The molecule has 0 radical (unpaired) electrons. The number of nitrogens with zero attached hydrogens (tertiary/aromatic N) is 3. The molecule has 4 rings (SSSR count). The lowest BCUT2D eigenvalue weighted by Crippen LogP contribution is -2.42. The van der Waals surface area contributed by atoms with Crippen molar-refractivity contribution in [2.45, 2.75) is 19.9 Å². The molecule has 0 aliphatic heterocycles. The predicted octanol–water partition coefficient (Wildman–Crippen LogP) is 5.04. The van der Waals surface area contributed by atoms with Gasteiger partial charge < -0.3 is 9.64 Å². The van der Waals surface area contributed by atoms with E-state index in [1.807, 2.05) is 85.3 Å². The summed E-state index contributed by atoms with van der Waals surface area (Å²) in [5, 5.41) is 2.91. The number of aromatic nitrogens is 2. The molecule has 1 aromatic heterocycles. The van der Waals surface area contributed by atoms with Crippen LogP contribution in [0.1, 0.15) is 24.2 Å². The maximum Gasteiger partial charge on any atom is 0.254 e. The standard InChI is InChI=1S/C28H28N4O3/c1-20(2)31(27(34)22-13-10-16-24(17-22)35-3)19-26(33)30-28-29-25(21-11-6-4-7-12-21)18-32(28)23-14-8-5-9-15-23/h4-18,20H,19H2,1-3H3,(H,29,30,33). The molecule has 0 unspecified atom stereocenters. The van der Waals surface area contributed by atoms with Gasteiger partial charge in [0.1, 0.15) is 12.3 Å². The van der Waals surface area contributed by atoms with Crippen LogP contribution in [0.15, 0.2) is 91.1 Å². The summed E-state index contributed by atoms with van der Waals surface area (Å²) in [6.45, 7) is 3.64. The zero-order valence-corrected chi connectivity index (χ0v) is 20.0. The molecule has 3 aromatic carbocycles. The Bertz CT molecular complexity index is 1300. The Hall–Kier alpha value is -4.39. The second-order valence-corrected chi connectivity index (χ2v) is 8.33. The first kappa shape index (κ1) is 23.8. The average Bonchev–Trinajstić information content (AvgIpc) is 3.31. The highest BCUT2D eigenvalue weighted by molar-refractivity contribution is 5.99. The summed E-state index contributed by atoms with van der Waals surface area (Å²) in [7, 11) is 1.55. The van der Waals surface area contributed by atoms with E-state index >= 15 is 0 Å². The van der Waals surface area contributed by atoms with Gasteiger partial charge in [0.2, 0.25) is 11.9 Å². The smallest absolute Gasteiger partial charge is 0.254 e. The van der Waals surface area contributed by atoms with Crippen LogP contribution in [-0.2, 0) is 4.79 Å². The van der Waals surface area contributed by atoms with Gasteiger partial charge in [-0.25, -0.2) is 4.98 Å². The number of carbonyl (C=O) groups is 2. The minimum Gasteiger partial charge on any atom is -0.497 e. The summed E-state index contributed by atoms with van der Waals surface area (Å²) in [6.07, 6.45) is 1.89. The lowest BCUT2D eigenvalue weighted by molar-refractivity contribution is -0.117. The first-order chi connectivity index (χ1) is 17.0. The Labute approximate surface area is 205 Å². The summed E-state index contributed by atoms with van der Waals surface area (Å²) >= 11 is 0. The first-order valence-corrected chi connectivity index (χ1v) is 11.4. The molecule has 7 nitrogen and oxygen atoms in total. The Kier molecular flexibility index (Phi) is 7.26. The largest absolute Gasteiger partial charge is 0.497 e. The second-order valence-electron chi connectivity index (χ2n) is 8.33. The third kappa shape index (κ3) is 5.58. The maximum atomic E-state index is 13.2. The van der Waals surface area contributed by atoms with Crippen LogP contribution < -0.4 is 10.1 Å². The van der Waals surface area contributed by atoms with Crippen LogP contribution in [0.3, 0.4) is 0 Å². The second kappa shape index (κ2) is 10.7. The molecule has 0 aliphatic carbocycles. The van der Waals surface area contributed by atoms with Crippen molar-refractivity contribution in [1.29, 1.82) is 0 Å². The lowest BCUT2D eigenvalue weighted by Gasteiger charge is -2.26. The Morgan fingerprint density at radius 2 is 1.66 bits per heavy atom. The van der Waals surface area contributed by atoms with Crippen LogP contribution in [0.25, 0.3) is 16.9 Å². The molecular weight excluding hydrogens is 440 g/mol. The fraction of sp³-hybridized carbons (Fsp3) is 0.179. The van der Waals surface area contributed by atoms with Crippen molar-refractivity contribution in [3.05, 3.63) is 96.7 Å². The van der Waals surface area contributed by atoms with Gasteiger partial charge in [-0.05, 0) is 44.2 Å². The molecule has 0 atom stereocenters. The number of hydrogen-bond acceptors (Lipinski definition) is 4. The monoisotopic (exact) mass is 468 g/mol. The molecule has 7 heteroatoms. The summed E-state index contributed by atoms with van der Waals surface area (Å²) in [5.41, 5.74) is 3.00. The van der Waals surface area contributed by atoms with Gasteiger partial charge in [0.05, 0.1) is 12.8 Å². The van der Waals surface area contributed by atoms with Gasteiger partial charge in [0, 0.05) is 29.1 Å². The molecule has 0 saturated heterocycles. The third-order valence-corrected chi connectivity index (χ3v) is 5.58. The Morgan fingerprint density at radius 1 is 0.971 bits per heavy atom. The first-order valence-electron chi connectivity index (χ1n) is 11.4. The number of para-hydroxylation sites is 1. The molecule has 1 N–H and O–H groups in total. The van der Waals surface area contributed by atoms with Gasteiger partial charge in [0.15, 0.2) is 0 Å². The number of imidazole rings is 1. The van der Waals surface area contributed by atoms with E-state index < -0.39 is 0 Å². The van der Waals surface area contributed by atoms with E-state index in [9.17, 15) is 9.59 Å². The van der Waals surface area contributed by atoms with Crippen molar-refractivity contribution in [2.24, 2.45) is 0 Å². The topological polar surface area (TPSA) is 76.5 Å². The Morgan fingerprint density at radius 3 is 2.31 bits per heavy atom. The van der Waals surface area contributed by atoms with Crippen molar-refractivity contribution < 1.29 is 14.3 Å². The molecule has 35 heavy (non-hydrogen) atoms. The number of methoxy groups -OCH3 is 1. The van der Waals surface area contributed by atoms with E-state index in [-0.39, 0.29) is 24.4 Å². The van der Waals surface area contributed by atoms with Crippen LogP contribution in [0.5, 0.6) is 5.75 Å². The highest BCUT2D eigenvalue weighted by Gasteiger charge is 2.23. The Balaban J connectivity index is 1.59. The number of carbonyl (C=O) groups excluding carboxylic acids is 2. The van der Waals surface area contributed by atoms with Crippen LogP contribution >= 0.6 is 0 Å². The number of benzene rings is 3. The van der Waals surface area contributed by atoms with Crippen molar-refractivity contribution >= 4 is 17.8 Å². The quantitative estimate of drug-likeness (QED) is 0.393. The molecule has 0 fully saturated rings. The van der Waals surface area contributed by atoms with Crippen molar-refractivity contribution in [3.63, 3.8) is 0 Å². The van der Waals surface area contributed by atoms with Gasteiger partial charge in [-0.2, -0.15) is 0 Å². The fourth-order valence-electron chi connectivity index (χ4n) is 3.73. The number of anilines is 1. The number of nitrogens with one attached hydrogen (secondary N) is 1. The van der Waals surface area contributed by atoms with E-state index in [0.29, 0.717) is 17.3 Å². The zero-order chi connectivity index (χ0) is 24.8. The van der Waals surface area contributed by atoms with E-state index in [2.05, 4.69) is 10.3 Å². The predicted molar refractivity (Wildman–Crippen MR) is 137 cm³/mol. The third-order valence-electron chi connectivity index (χ3n) is 5.58. The number of amides is 2. The molecule has 178 valence electrons. The molecular formula is C28H28N4O3. The minimum absolute atomic E-state index is 0.115. The summed E-state index contributed by atoms with van der Waals surface area (Å²) in [5.74, 6) is 0.391. The van der Waals surface area contributed by atoms with Gasteiger partial charge in [0.25, 0.3) is 5.91 Å². The van der Waals surface area contributed by atoms with E-state index in [0.717, 1.165) is 16.9 Å². The normalized spacial score (nSPS) is 10.7. The van der Waals surface area contributed by atoms with E-state index in [4.69, 9.17) is 4.74 Å². The lowest BCUT2D eigenvalue weighted by atomic mass is 10.1. The zero-order valence-electron chi connectivity index (χ0n) is 20.0. The number of hydrogen-bond donors (Lipinski definition) is 1. The van der Waals surface area contributed by atoms with E-state index in [1.54, 1.807) is 31.4 Å². The minimum atomic E-state index is -0.336. The average molecular weight is 469 g/mol. The summed E-state index contributed by atoms with van der Waals surface area (Å²) in [6, 6.07) is 26.2. The molecule has 4 aromatic rings. The fourth-order valence-corrected chi connectivity index (χ4v) is 3.73. The van der Waals surface area contributed by atoms with Crippen molar-refractivity contribution in [3.8, 4) is 22.7 Å². The molecule has 1 heterocycles. The summed E-state index contributed by atoms with van der Waals surface area (Å²) < 4.78 is 7.08. The van der Waals surface area contributed by atoms with Gasteiger partial charge in [-0.1, -0.05) is 54.6 Å². The van der Waals surface area contributed by atoms with Crippen LogP contribution in [0.2, 0.25) is 0 Å². The molecule has 0 spiro atoms. The SMILES string of the molecule is COc1cccc(C(=O)N(CC(=O)Nc2nc(-c3ccccc3)cn2-c2ccccc2)C(C)C)c1. The molecule has 2 amide bonds. The number of ether oxygens (including phenoxy) is 1.